The van der Waals surface area contributed by atoms with Gasteiger partial charge in [-0.2, -0.15) is 13.2 Å². The van der Waals surface area contributed by atoms with Crippen molar-refractivity contribution < 1.29 is 42.2 Å². The normalized spacial score (nSPS) is 24.3. The third-order valence-electron chi connectivity index (χ3n) is 12.2. The van der Waals surface area contributed by atoms with E-state index in [-0.39, 0.29) is 60.8 Å². The molecule has 2 aromatic rings. The molecule has 3 atom stereocenters. The number of hydrogen-bond acceptors (Lipinski definition) is 8. The molecule has 7 rings (SSSR count). The highest BCUT2D eigenvalue weighted by molar-refractivity contribution is 6.33. The van der Waals surface area contributed by atoms with Crippen LogP contribution in [0, 0.1) is 5.92 Å². The Balaban J connectivity index is 0.984. The first-order chi connectivity index (χ1) is 26.7. The molecule has 5 heterocycles. The van der Waals surface area contributed by atoms with Crippen LogP contribution < -0.4 is 11.1 Å². The minimum Gasteiger partial charge on any atom is -0.480 e. The van der Waals surface area contributed by atoms with Gasteiger partial charge in [0.25, 0.3) is 5.91 Å². The van der Waals surface area contributed by atoms with E-state index < -0.39 is 41.5 Å². The molecule has 0 aromatic heterocycles. The lowest BCUT2D eigenvalue weighted by molar-refractivity contribution is -0.143. The number of alkyl halides is 3. The molecule has 0 saturated carbocycles. The number of benzene rings is 2. The van der Waals surface area contributed by atoms with E-state index in [0.717, 1.165) is 49.5 Å². The van der Waals surface area contributed by atoms with Crippen LogP contribution in [0.1, 0.15) is 55.2 Å². The highest BCUT2D eigenvalue weighted by Gasteiger charge is 2.43. The standard InChI is InChI=1S/C39H49ClF3N7O6/c40-31-20-24(19-30(35(31)44)39(41,42)43)21-33(36(53)47-15-13-46(14-16-47)22-25-17-28-5-6-29(18-25)50(28)23-34(51)52)56-38(55)48-10-8-27(9-11-48)49-12-7-26-3-1-2-4-32(26)45-37(49)54/h1-4,19-20,25,27-29,33H,5-18,21-23,44H2,(H,45,54)(H,51,52)/t25?,28?,29?,33-/m1/s1. The average molecular weight is 804 g/mol. The Bertz CT molecular complexity index is 1790. The number of halogens is 4. The van der Waals surface area contributed by atoms with Gasteiger partial charge in [-0.25, -0.2) is 9.59 Å². The number of nitrogen functional groups attached to an aromatic ring is 1. The fourth-order valence-electron chi connectivity index (χ4n) is 9.38. The number of para-hydroxylation sites is 1. The lowest BCUT2D eigenvalue weighted by atomic mass is 9.90. The van der Waals surface area contributed by atoms with E-state index in [9.17, 15) is 37.5 Å². The predicted octanol–water partition coefficient (Wildman–Crippen LogP) is 5.02. The van der Waals surface area contributed by atoms with Gasteiger partial charge in [0.15, 0.2) is 6.10 Å². The first kappa shape index (κ1) is 39.9. The summed E-state index contributed by atoms with van der Waals surface area (Å²) in [5.74, 6) is -0.892. The van der Waals surface area contributed by atoms with Crippen LogP contribution in [-0.4, -0.2) is 137 Å². The number of carbonyl (C=O) groups is 4. The fourth-order valence-corrected chi connectivity index (χ4v) is 9.63. The summed E-state index contributed by atoms with van der Waals surface area (Å²) in [7, 11) is 0. The number of rotatable bonds is 9. The summed E-state index contributed by atoms with van der Waals surface area (Å²) >= 11 is 6.13. The molecule has 2 aromatic carbocycles. The van der Waals surface area contributed by atoms with Crippen molar-refractivity contribution in [1.82, 2.24) is 24.5 Å². The van der Waals surface area contributed by atoms with E-state index in [1.807, 2.05) is 24.3 Å². The number of piperazine rings is 1. The number of amides is 4. The molecule has 4 amide bonds. The molecule has 2 unspecified atom stereocenters. The van der Waals surface area contributed by atoms with Crippen molar-refractivity contribution in [3.05, 3.63) is 58.1 Å². The van der Waals surface area contributed by atoms with E-state index in [4.69, 9.17) is 22.1 Å². The molecule has 56 heavy (non-hydrogen) atoms. The quantitative estimate of drug-likeness (QED) is 0.297. The van der Waals surface area contributed by atoms with Gasteiger partial charge < -0.3 is 35.6 Å². The summed E-state index contributed by atoms with van der Waals surface area (Å²) in [6, 6.07) is 9.99. The number of likely N-dealkylation sites (tertiary alicyclic amines) is 1. The Morgan fingerprint density at radius 1 is 0.929 bits per heavy atom. The number of carboxylic acid groups (broad SMARTS) is 1. The Labute approximate surface area is 328 Å². The van der Waals surface area contributed by atoms with Crippen LogP contribution in [0.4, 0.5) is 34.1 Å². The van der Waals surface area contributed by atoms with E-state index in [2.05, 4.69) is 15.1 Å². The first-order valence-electron chi connectivity index (χ1n) is 19.5. The highest BCUT2D eigenvalue weighted by atomic mass is 35.5. The van der Waals surface area contributed by atoms with Gasteiger partial charge in [0.1, 0.15) is 0 Å². The second-order valence-electron chi connectivity index (χ2n) is 15.8. The SMILES string of the molecule is Nc1c(Cl)cc(C[C@@H](OC(=O)N2CCC(N3CCc4ccccc4NC3=O)CC2)C(=O)N2CCN(CC3CC4CCC(C3)N4CC(=O)O)CC2)cc1C(F)(F)F. The van der Waals surface area contributed by atoms with Crippen molar-refractivity contribution >= 4 is 47.0 Å². The molecule has 13 nitrogen and oxygen atoms in total. The third-order valence-corrected chi connectivity index (χ3v) is 12.6. The smallest absolute Gasteiger partial charge is 0.418 e. The summed E-state index contributed by atoms with van der Waals surface area (Å²) in [6.45, 7) is 3.81. The van der Waals surface area contributed by atoms with Gasteiger partial charge >= 0.3 is 24.3 Å². The number of carboxylic acids is 1. The topological polar surface area (TPSA) is 152 Å². The molecule has 0 aliphatic carbocycles. The Hall–Kier alpha value is -4.28. The number of nitrogens with two attached hydrogens (primary N) is 1. The molecule has 4 saturated heterocycles. The lowest BCUT2D eigenvalue weighted by Crippen LogP contribution is -2.55. The van der Waals surface area contributed by atoms with Gasteiger partial charge in [0, 0.05) is 82.6 Å². The van der Waals surface area contributed by atoms with Crippen LogP contribution in [0.2, 0.25) is 5.02 Å². The first-order valence-corrected chi connectivity index (χ1v) is 19.9. The second kappa shape index (κ2) is 16.7. The Morgan fingerprint density at radius 2 is 1.61 bits per heavy atom. The van der Waals surface area contributed by atoms with Crippen molar-refractivity contribution in [3.63, 3.8) is 0 Å². The summed E-state index contributed by atoms with van der Waals surface area (Å²) in [5.41, 5.74) is 5.81. The average Bonchev–Trinajstić information content (AvgIpc) is 3.29. The van der Waals surface area contributed by atoms with E-state index >= 15 is 0 Å². The fraction of sp³-hybridized carbons (Fsp3) is 0.590. The number of nitrogens with zero attached hydrogens (tertiary/aromatic N) is 5. The molecular weight excluding hydrogens is 755 g/mol. The number of fused-ring (bicyclic) bond motifs is 3. The lowest BCUT2D eigenvalue weighted by Gasteiger charge is -2.42. The predicted molar refractivity (Wildman–Crippen MR) is 202 cm³/mol. The number of anilines is 2. The number of nitrogens with one attached hydrogen (secondary N) is 1. The molecule has 304 valence electrons. The second-order valence-corrected chi connectivity index (χ2v) is 16.2. The van der Waals surface area contributed by atoms with Gasteiger partial charge in [-0.05, 0) is 80.2 Å². The number of hydrogen-bond donors (Lipinski definition) is 3. The molecule has 2 bridgehead atoms. The maximum atomic E-state index is 14.1. The van der Waals surface area contributed by atoms with Gasteiger partial charge in [-0.3, -0.25) is 19.4 Å². The summed E-state index contributed by atoms with van der Waals surface area (Å²) in [5, 5.41) is 12.0. The summed E-state index contributed by atoms with van der Waals surface area (Å²) in [4.78, 5) is 61.6. The Kier molecular flexibility index (Phi) is 11.9. The largest absolute Gasteiger partial charge is 0.480 e. The molecule has 0 spiro atoms. The molecule has 5 aliphatic rings. The summed E-state index contributed by atoms with van der Waals surface area (Å²) in [6.07, 6.45) is -1.77. The third kappa shape index (κ3) is 8.97. The maximum absolute atomic E-state index is 14.1. The van der Waals surface area contributed by atoms with Crippen LogP contribution in [0.3, 0.4) is 0 Å². The van der Waals surface area contributed by atoms with E-state index in [1.54, 1.807) is 9.80 Å². The minimum absolute atomic E-state index is 0.0528. The van der Waals surface area contributed by atoms with Gasteiger partial charge in [-0.1, -0.05) is 29.8 Å². The number of piperidine rings is 2. The molecule has 4 N–H and O–H groups in total. The van der Waals surface area contributed by atoms with Crippen LogP contribution in [0.5, 0.6) is 0 Å². The van der Waals surface area contributed by atoms with Crippen molar-refractivity contribution in [2.45, 2.75) is 81.8 Å². The van der Waals surface area contributed by atoms with Crippen LogP contribution in [-0.2, 0) is 33.3 Å². The monoisotopic (exact) mass is 803 g/mol. The zero-order valence-corrected chi connectivity index (χ0v) is 31.9. The van der Waals surface area contributed by atoms with Crippen molar-refractivity contribution in [2.24, 2.45) is 5.92 Å². The number of carbonyl (C=O) groups excluding carboxylic acids is 3. The van der Waals surface area contributed by atoms with Crippen LogP contribution >= 0.6 is 11.6 Å². The van der Waals surface area contributed by atoms with Gasteiger partial charge in [0.05, 0.1) is 22.8 Å². The Morgan fingerprint density at radius 3 is 2.27 bits per heavy atom. The number of urea groups is 1. The summed E-state index contributed by atoms with van der Waals surface area (Å²) < 4.78 is 47.5. The van der Waals surface area contributed by atoms with Crippen LogP contribution in [0.25, 0.3) is 0 Å². The van der Waals surface area contributed by atoms with Gasteiger partial charge in [-0.15, -0.1) is 0 Å². The molecule has 4 fully saturated rings. The van der Waals surface area contributed by atoms with Crippen molar-refractivity contribution in [2.75, 3.05) is 70.0 Å². The molecule has 5 aliphatic heterocycles. The van der Waals surface area contributed by atoms with Crippen LogP contribution in [0.15, 0.2) is 36.4 Å². The number of aliphatic carboxylic acids is 1. The molecule has 17 heteroatoms. The molecule has 0 radical (unpaired) electrons. The van der Waals surface area contributed by atoms with E-state index in [1.165, 1.54) is 11.0 Å². The van der Waals surface area contributed by atoms with Crippen molar-refractivity contribution in [1.29, 1.82) is 0 Å². The van der Waals surface area contributed by atoms with Gasteiger partial charge in [0.2, 0.25) is 0 Å². The zero-order valence-electron chi connectivity index (χ0n) is 31.2. The maximum Gasteiger partial charge on any atom is 0.418 e. The molecular formula is C39H49ClF3N7O6. The van der Waals surface area contributed by atoms with Crippen molar-refractivity contribution in [3.8, 4) is 0 Å². The van der Waals surface area contributed by atoms with E-state index in [0.29, 0.717) is 57.9 Å². The minimum atomic E-state index is -4.79. The highest BCUT2D eigenvalue weighted by Crippen LogP contribution is 2.40. The number of ether oxygens (including phenoxy) is 1. The zero-order chi connectivity index (χ0) is 39.7.